The SMILES string of the molecule is COc1ccc(C(=O)NC[C@@H](c2cccnc2)N2CCN(c3ccccc3OC)CC2)cc1. The van der Waals surface area contributed by atoms with Crippen LogP contribution in [-0.4, -0.2) is 62.7 Å². The van der Waals surface area contributed by atoms with Crippen molar-refractivity contribution in [2.24, 2.45) is 0 Å². The molecule has 172 valence electrons. The normalized spacial score (nSPS) is 15.0. The molecule has 1 amide bonds. The lowest BCUT2D eigenvalue weighted by atomic mass is 10.1. The number of amides is 1. The molecule has 1 N–H and O–H groups in total. The summed E-state index contributed by atoms with van der Waals surface area (Å²) in [7, 11) is 3.32. The van der Waals surface area contributed by atoms with Crippen LogP contribution in [0.4, 0.5) is 5.69 Å². The van der Waals surface area contributed by atoms with E-state index in [1.807, 2.05) is 30.5 Å². The molecule has 3 aromatic rings. The highest BCUT2D eigenvalue weighted by Crippen LogP contribution is 2.30. The fourth-order valence-electron chi connectivity index (χ4n) is 4.23. The van der Waals surface area contributed by atoms with Crippen LogP contribution in [-0.2, 0) is 0 Å². The molecule has 1 aliphatic heterocycles. The van der Waals surface area contributed by atoms with E-state index in [0.29, 0.717) is 12.1 Å². The van der Waals surface area contributed by atoms with E-state index in [0.717, 1.165) is 48.9 Å². The Kier molecular flexibility index (Phi) is 7.42. The first kappa shape index (κ1) is 22.6. The van der Waals surface area contributed by atoms with Crippen LogP contribution in [0.2, 0.25) is 0 Å². The number of nitrogens with one attached hydrogen (secondary N) is 1. The Balaban J connectivity index is 1.44. The third-order valence-corrected chi connectivity index (χ3v) is 6.06. The number of ether oxygens (including phenoxy) is 2. The van der Waals surface area contributed by atoms with Gasteiger partial charge < -0.3 is 19.7 Å². The lowest BCUT2D eigenvalue weighted by Crippen LogP contribution is -2.50. The van der Waals surface area contributed by atoms with Gasteiger partial charge in [-0.3, -0.25) is 14.7 Å². The van der Waals surface area contributed by atoms with Crippen LogP contribution >= 0.6 is 0 Å². The van der Waals surface area contributed by atoms with Gasteiger partial charge in [0.05, 0.1) is 25.9 Å². The van der Waals surface area contributed by atoms with Gasteiger partial charge in [-0.1, -0.05) is 18.2 Å². The van der Waals surface area contributed by atoms with Crippen LogP contribution in [0.1, 0.15) is 22.0 Å². The van der Waals surface area contributed by atoms with Gasteiger partial charge in [0.1, 0.15) is 11.5 Å². The molecule has 0 bridgehead atoms. The van der Waals surface area contributed by atoms with Gasteiger partial charge in [0.25, 0.3) is 5.91 Å². The number of carbonyl (C=O) groups excluding carboxylic acids is 1. The minimum absolute atomic E-state index is 0.0423. The highest BCUT2D eigenvalue weighted by atomic mass is 16.5. The molecule has 33 heavy (non-hydrogen) atoms. The first-order valence-corrected chi connectivity index (χ1v) is 11.1. The maximum Gasteiger partial charge on any atom is 0.251 e. The van der Waals surface area contributed by atoms with Crippen molar-refractivity contribution in [3.63, 3.8) is 0 Å². The van der Waals surface area contributed by atoms with E-state index < -0.39 is 0 Å². The third kappa shape index (κ3) is 5.43. The first-order chi connectivity index (χ1) is 16.2. The van der Waals surface area contributed by atoms with Crippen molar-refractivity contribution >= 4 is 11.6 Å². The summed E-state index contributed by atoms with van der Waals surface area (Å²) in [4.78, 5) is 21.8. The van der Waals surface area contributed by atoms with Gasteiger partial charge in [-0.05, 0) is 48.0 Å². The molecule has 1 atom stereocenters. The molecule has 2 heterocycles. The second kappa shape index (κ2) is 10.8. The van der Waals surface area contributed by atoms with E-state index in [-0.39, 0.29) is 11.9 Å². The van der Waals surface area contributed by atoms with Crippen LogP contribution in [0.3, 0.4) is 0 Å². The van der Waals surface area contributed by atoms with Gasteiger partial charge >= 0.3 is 0 Å². The summed E-state index contributed by atoms with van der Waals surface area (Å²) in [6.45, 7) is 4.00. The van der Waals surface area contributed by atoms with Gasteiger partial charge in [-0.25, -0.2) is 0 Å². The number of nitrogens with zero attached hydrogens (tertiary/aromatic N) is 3. The summed E-state index contributed by atoms with van der Waals surface area (Å²) in [6.07, 6.45) is 3.66. The zero-order valence-corrected chi connectivity index (χ0v) is 19.1. The highest BCUT2D eigenvalue weighted by molar-refractivity contribution is 5.94. The molecule has 7 nitrogen and oxygen atoms in total. The molecule has 4 rings (SSSR count). The molecule has 1 aliphatic rings. The van der Waals surface area contributed by atoms with Crippen molar-refractivity contribution in [2.45, 2.75) is 6.04 Å². The Morgan fingerprint density at radius 3 is 2.39 bits per heavy atom. The second-order valence-electron chi connectivity index (χ2n) is 7.94. The van der Waals surface area contributed by atoms with Crippen molar-refractivity contribution in [1.82, 2.24) is 15.2 Å². The molecule has 1 aromatic heterocycles. The molecule has 2 aromatic carbocycles. The lowest BCUT2D eigenvalue weighted by Gasteiger charge is -2.40. The molecule has 7 heteroatoms. The minimum atomic E-state index is -0.0980. The molecule has 0 aliphatic carbocycles. The number of hydrogen-bond acceptors (Lipinski definition) is 6. The van der Waals surface area contributed by atoms with Gasteiger partial charge in [-0.2, -0.15) is 0 Å². The summed E-state index contributed by atoms with van der Waals surface area (Å²) in [5.41, 5.74) is 2.82. The first-order valence-electron chi connectivity index (χ1n) is 11.1. The van der Waals surface area contributed by atoms with Crippen molar-refractivity contribution in [2.75, 3.05) is 51.8 Å². The van der Waals surface area contributed by atoms with E-state index in [4.69, 9.17) is 9.47 Å². The molecular formula is C26H30N4O3. The average molecular weight is 447 g/mol. The second-order valence-corrected chi connectivity index (χ2v) is 7.94. The largest absolute Gasteiger partial charge is 0.497 e. The maximum atomic E-state index is 12.8. The summed E-state index contributed by atoms with van der Waals surface area (Å²) in [5.74, 6) is 1.52. The molecule has 0 unspecified atom stereocenters. The predicted octanol–water partition coefficient (Wildman–Crippen LogP) is 3.39. The number of carbonyl (C=O) groups is 1. The molecular weight excluding hydrogens is 416 g/mol. The number of rotatable bonds is 8. The minimum Gasteiger partial charge on any atom is -0.497 e. The highest BCUT2D eigenvalue weighted by Gasteiger charge is 2.27. The van der Waals surface area contributed by atoms with Crippen LogP contribution in [0.15, 0.2) is 73.1 Å². The quantitative estimate of drug-likeness (QED) is 0.572. The fraction of sp³-hybridized carbons (Fsp3) is 0.308. The number of anilines is 1. The van der Waals surface area contributed by atoms with Gasteiger partial charge in [0, 0.05) is 50.7 Å². The Bertz CT molecular complexity index is 1030. The Labute approximate surface area is 195 Å². The van der Waals surface area contributed by atoms with Crippen molar-refractivity contribution in [3.8, 4) is 11.5 Å². The predicted molar refractivity (Wildman–Crippen MR) is 129 cm³/mol. The summed E-state index contributed by atoms with van der Waals surface area (Å²) in [5, 5.41) is 3.11. The third-order valence-electron chi connectivity index (χ3n) is 6.06. The number of para-hydroxylation sites is 2. The molecule has 0 saturated carbocycles. The average Bonchev–Trinajstić information content (AvgIpc) is 2.89. The van der Waals surface area contributed by atoms with E-state index in [2.05, 4.69) is 32.2 Å². The van der Waals surface area contributed by atoms with Crippen LogP contribution in [0.25, 0.3) is 0 Å². The Morgan fingerprint density at radius 1 is 0.970 bits per heavy atom. The summed E-state index contributed by atoms with van der Waals surface area (Å²) < 4.78 is 10.7. The number of methoxy groups -OCH3 is 2. The topological polar surface area (TPSA) is 66.9 Å². The van der Waals surface area contributed by atoms with Crippen LogP contribution < -0.4 is 19.7 Å². The molecule has 0 radical (unpaired) electrons. The monoisotopic (exact) mass is 446 g/mol. The fourth-order valence-corrected chi connectivity index (χ4v) is 4.23. The van der Waals surface area contributed by atoms with Crippen molar-refractivity contribution < 1.29 is 14.3 Å². The van der Waals surface area contributed by atoms with E-state index in [9.17, 15) is 4.79 Å². The number of benzene rings is 2. The van der Waals surface area contributed by atoms with Crippen molar-refractivity contribution in [1.29, 1.82) is 0 Å². The van der Waals surface area contributed by atoms with E-state index >= 15 is 0 Å². The van der Waals surface area contributed by atoms with E-state index in [1.54, 1.807) is 44.7 Å². The number of pyridine rings is 1. The number of hydrogen-bond donors (Lipinski definition) is 1. The lowest BCUT2D eigenvalue weighted by molar-refractivity contribution is 0.0930. The number of aromatic nitrogens is 1. The van der Waals surface area contributed by atoms with Crippen molar-refractivity contribution in [3.05, 3.63) is 84.2 Å². The molecule has 0 spiro atoms. The van der Waals surface area contributed by atoms with Gasteiger partial charge in [-0.15, -0.1) is 0 Å². The van der Waals surface area contributed by atoms with E-state index in [1.165, 1.54) is 0 Å². The zero-order valence-electron chi connectivity index (χ0n) is 19.1. The van der Waals surface area contributed by atoms with Crippen LogP contribution in [0, 0.1) is 0 Å². The maximum absolute atomic E-state index is 12.8. The summed E-state index contributed by atoms with van der Waals surface area (Å²) >= 11 is 0. The standard InChI is InChI=1S/C26H30N4O3/c1-32-22-11-9-20(10-12-22)26(31)28-19-24(21-6-5-13-27-18-21)30-16-14-29(15-17-30)23-7-3-4-8-25(23)33-2/h3-13,18,24H,14-17,19H2,1-2H3,(H,28,31)/t24-/m0/s1. The zero-order chi connectivity index (χ0) is 23.0. The Hall–Kier alpha value is -3.58. The van der Waals surface area contributed by atoms with Crippen LogP contribution in [0.5, 0.6) is 11.5 Å². The van der Waals surface area contributed by atoms with Gasteiger partial charge in [0.2, 0.25) is 0 Å². The Morgan fingerprint density at radius 2 is 1.73 bits per heavy atom. The van der Waals surface area contributed by atoms with Gasteiger partial charge in [0.15, 0.2) is 0 Å². The smallest absolute Gasteiger partial charge is 0.251 e. The number of piperazine rings is 1. The molecule has 1 fully saturated rings. The summed E-state index contributed by atoms with van der Waals surface area (Å²) in [6, 6.07) is 19.3. The molecule has 1 saturated heterocycles.